The number of nitrogens with zero attached hydrogens (tertiary/aromatic N) is 4. The van der Waals surface area contributed by atoms with Crippen molar-refractivity contribution >= 4 is 5.82 Å². The zero-order valence-corrected chi connectivity index (χ0v) is 10.2. The zero-order valence-electron chi connectivity index (χ0n) is 10.2. The van der Waals surface area contributed by atoms with Crippen LogP contribution >= 0.6 is 0 Å². The molecule has 1 aliphatic heterocycles. The van der Waals surface area contributed by atoms with Crippen LogP contribution in [0.15, 0.2) is 36.5 Å². The monoisotopic (exact) mass is 243 g/mol. The summed E-state index contributed by atoms with van der Waals surface area (Å²) in [6, 6.07) is 10.3. The average Bonchev–Trinajstić information content (AvgIpc) is 2.89. The smallest absolute Gasteiger partial charge is 0.153 e. The number of piperidine rings is 1. The molecule has 2 N–H and O–H groups in total. The summed E-state index contributed by atoms with van der Waals surface area (Å²) in [6.45, 7) is 1.90. The van der Waals surface area contributed by atoms with Crippen LogP contribution in [0, 0.1) is 0 Å². The molecule has 2 heterocycles. The summed E-state index contributed by atoms with van der Waals surface area (Å²) < 4.78 is 1.87. The number of hydrogen-bond donors (Lipinski definition) is 1. The van der Waals surface area contributed by atoms with Gasteiger partial charge in [0.05, 0.1) is 11.9 Å². The predicted octanol–water partition coefficient (Wildman–Crippen LogP) is 1.19. The van der Waals surface area contributed by atoms with Crippen molar-refractivity contribution in [1.29, 1.82) is 0 Å². The van der Waals surface area contributed by atoms with Crippen molar-refractivity contribution in [3.05, 3.63) is 36.5 Å². The Kier molecular flexibility index (Phi) is 2.98. The summed E-state index contributed by atoms with van der Waals surface area (Å²) in [5.41, 5.74) is 7.06. The molecule has 0 radical (unpaired) electrons. The largest absolute Gasteiger partial charge is 0.354 e. The highest BCUT2D eigenvalue weighted by Gasteiger charge is 2.20. The zero-order chi connectivity index (χ0) is 12.4. The van der Waals surface area contributed by atoms with E-state index in [2.05, 4.69) is 15.2 Å². The molecule has 0 spiro atoms. The van der Waals surface area contributed by atoms with E-state index in [1.165, 1.54) is 0 Å². The van der Waals surface area contributed by atoms with E-state index in [0.717, 1.165) is 37.4 Å². The van der Waals surface area contributed by atoms with Crippen molar-refractivity contribution in [3.63, 3.8) is 0 Å². The van der Waals surface area contributed by atoms with Crippen molar-refractivity contribution in [2.45, 2.75) is 18.9 Å². The Labute approximate surface area is 106 Å². The van der Waals surface area contributed by atoms with Crippen molar-refractivity contribution in [2.24, 2.45) is 5.73 Å². The third kappa shape index (κ3) is 2.09. The van der Waals surface area contributed by atoms with Crippen LogP contribution in [0.2, 0.25) is 0 Å². The predicted molar refractivity (Wildman–Crippen MR) is 70.8 cm³/mol. The first kappa shape index (κ1) is 11.2. The molecule has 5 heteroatoms. The van der Waals surface area contributed by atoms with E-state index in [4.69, 9.17) is 5.73 Å². The van der Waals surface area contributed by atoms with Gasteiger partial charge in [0.15, 0.2) is 5.82 Å². The van der Waals surface area contributed by atoms with Crippen molar-refractivity contribution in [3.8, 4) is 5.69 Å². The van der Waals surface area contributed by atoms with Crippen LogP contribution in [0.3, 0.4) is 0 Å². The van der Waals surface area contributed by atoms with E-state index in [0.29, 0.717) is 0 Å². The van der Waals surface area contributed by atoms with E-state index >= 15 is 0 Å². The van der Waals surface area contributed by atoms with Crippen molar-refractivity contribution in [2.75, 3.05) is 18.0 Å². The van der Waals surface area contributed by atoms with Gasteiger partial charge in [-0.1, -0.05) is 23.4 Å². The summed E-state index contributed by atoms with van der Waals surface area (Å²) in [7, 11) is 0. The van der Waals surface area contributed by atoms with Crippen LogP contribution in [0.4, 0.5) is 5.82 Å². The highest BCUT2D eigenvalue weighted by molar-refractivity contribution is 5.45. The minimum atomic E-state index is 0.248. The molecule has 1 aromatic heterocycles. The topological polar surface area (TPSA) is 60.0 Å². The number of anilines is 1. The summed E-state index contributed by atoms with van der Waals surface area (Å²) in [4.78, 5) is 2.27. The lowest BCUT2D eigenvalue weighted by Gasteiger charge is -2.32. The molecular weight excluding hydrogens is 226 g/mol. The van der Waals surface area contributed by atoms with Gasteiger partial charge in [0.25, 0.3) is 0 Å². The lowest BCUT2D eigenvalue weighted by Crippen LogP contribution is -2.43. The Hall–Kier alpha value is -1.88. The minimum Gasteiger partial charge on any atom is -0.354 e. The van der Waals surface area contributed by atoms with Gasteiger partial charge in [0.2, 0.25) is 0 Å². The molecule has 1 aromatic carbocycles. The number of benzene rings is 1. The molecule has 0 aliphatic carbocycles. The van der Waals surface area contributed by atoms with Gasteiger partial charge < -0.3 is 10.6 Å². The summed E-state index contributed by atoms with van der Waals surface area (Å²) >= 11 is 0. The molecule has 1 atom stereocenters. The number of hydrogen-bond acceptors (Lipinski definition) is 4. The molecule has 0 bridgehead atoms. The van der Waals surface area contributed by atoms with E-state index in [1.807, 2.05) is 41.2 Å². The third-order valence-corrected chi connectivity index (χ3v) is 3.31. The molecular formula is C13H17N5. The molecule has 1 saturated heterocycles. The maximum Gasteiger partial charge on any atom is 0.153 e. The molecule has 0 saturated carbocycles. The standard InChI is InChI=1S/C13H17N5/c14-11-5-4-8-17(10-11)13-9-15-16-18(13)12-6-2-1-3-7-12/h1-3,6-7,9,11H,4-5,8,10,14H2. The Morgan fingerprint density at radius 3 is 2.83 bits per heavy atom. The first-order valence-electron chi connectivity index (χ1n) is 6.31. The van der Waals surface area contributed by atoms with Crippen LogP contribution in [0.5, 0.6) is 0 Å². The van der Waals surface area contributed by atoms with Gasteiger partial charge in [0.1, 0.15) is 0 Å². The fourth-order valence-corrected chi connectivity index (χ4v) is 2.42. The highest BCUT2D eigenvalue weighted by Crippen LogP contribution is 2.21. The minimum absolute atomic E-state index is 0.248. The van der Waals surface area contributed by atoms with Crippen molar-refractivity contribution in [1.82, 2.24) is 15.0 Å². The molecule has 3 rings (SSSR count). The van der Waals surface area contributed by atoms with Gasteiger partial charge in [-0.25, -0.2) is 0 Å². The number of aromatic nitrogens is 3. The molecule has 2 aromatic rings. The second kappa shape index (κ2) is 4.78. The maximum atomic E-state index is 6.03. The van der Waals surface area contributed by atoms with Gasteiger partial charge in [-0.2, -0.15) is 4.68 Å². The van der Waals surface area contributed by atoms with Gasteiger partial charge in [-0.15, -0.1) is 5.10 Å². The van der Waals surface area contributed by atoms with Gasteiger partial charge in [0, 0.05) is 19.1 Å². The number of para-hydroxylation sites is 1. The highest BCUT2D eigenvalue weighted by atomic mass is 15.5. The Bertz CT molecular complexity index is 507. The van der Waals surface area contributed by atoms with E-state index in [9.17, 15) is 0 Å². The number of nitrogens with two attached hydrogens (primary N) is 1. The lowest BCUT2D eigenvalue weighted by molar-refractivity contribution is 0.500. The van der Waals surface area contributed by atoms with Crippen LogP contribution < -0.4 is 10.6 Å². The molecule has 0 amide bonds. The Balaban J connectivity index is 1.92. The maximum absolute atomic E-state index is 6.03. The first-order chi connectivity index (χ1) is 8.84. The van der Waals surface area contributed by atoms with E-state index < -0.39 is 0 Å². The summed E-state index contributed by atoms with van der Waals surface area (Å²) in [6.07, 6.45) is 4.04. The van der Waals surface area contributed by atoms with Gasteiger partial charge in [-0.3, -0.25) is 0 Å². The first-order valence-corrected chi connectivity index (χ1v) is 6.31. The lowest BCUT2D eigenvalue weighted by atomic mass is 10.1. The molecule has 1 unspecified atom stereocenters. The quantitative estimate of drug-likeness (QED) is 0.861. The normalized spacial score (nSPS) is 20.1. The fraction of sp³-hybridized carbons (Fsp3) is 0.385. The van der Waals surface area contributed by atoms with Crippen LogP contribution in [-0.4, -0.2) is 34.1 Å². The van der Waals surface area contributed by atoms with Crippen molar-refractivity contribution < 1.29 is 0 Å². The summed E-state index contributed by atoms with van der Waals surface area (Å²) in [5, 5.41) is 8.20. The second-order valence-corrected chi connectivity index (χ2v) is 4.69. The SMILES string of the molecule is NC1CCCN(c2cnnn2-c2ccccc2)C1. The van der Waals surface area contributed by atoms with E-state index in [1.54, 1.807) is 0 Å². The number of rotatable bonds is 2. The van der Waals surface area contributed by atoms with Crippen LogP contribution in [-0.2, 0) is 0 Å². The molecule has 5 nitrogen and oxygen atoms in total. The van der Waals surface area contributed by atoms with Crippen LogP contribution in [0.25, 0.3) is 5.69 Å². The average molecular weight is 243 g/mol. The Morgan fingerprint density at radius 1 is 1.22 bits per heavy atom. The van der Waals surface area contributed by atoms with E-state index in [-0.39, 0.29) is 6.04 Å². The molecule has 1 aliphatic rings. The fourth-order valence-electron chi connectivity index (χ4n) is 2.42. The third-order valence-electron chi connectivity index (χ3n) is 3.31. The van der Waals surface area contributed by atoms with Gasteiger partial charge >= 0.3 is 0 Å². The molecule has 18 heavy (non-hydrogen) atoms. The molecule has 1 fully saturated rings. The second-order valence-electron chi connectivity index (χ2n) is 4.69. The Morgan fingerprint density at radius 2 is 2.06 bits per heavy atom. The molecule has 94 valence electrons. The summed E-state index contributed by atoms with van der Waals surface area (Å²) in [5.74, 6) is 1.02. The van der Waals surface area contributed by atoms with Crippen LogP contribution in [0.1, 0.15) is 12.8 Å². The van der Waals surface area contributed by atoms with Gasteiger partial charge in [-0.05, 0) is 25.0 Å².